The molecule has 0 bridgehead atoms. The summed E-state index contributed by atoms with van der Waals surface area (Å²) in [7, 11) is 0. The Kier molecular flexibility index (Phi) is 6.94. The van der Waals surface area contributed by atoms with Crippen LogP contribution in [0.2, 0.25) is 5.02 Å². The minimum atomic E-state index is -0.551. The number of hydrogen-bond acceptors (Lipinski definition) is 5. The summed E-state index contributed by atoms with van der Waals surface area (Å²) in [5, 5.41) is 11.1. The van der Waals surface area contributed by atoms with Gasteiger partial charge in [0.25, 0.3) is 0 Å². The number of aliphatic hydroxyl groups is 1. The van der Waals surface area contributed by atoms with Crippen LogP contribution in [0.1, 0.15) is 20.8 Å². The predicted molar refractivity (Wildman–Crippen MR) is 114 cm³/mol. The van der Waals surface area contributed by atoms with Crippen LogP contribution in [-0.2, 0) is 0 Å². The molecule has 0 amide bonds. The number of ether oxygens (including phenoxy) is 1. The van der Waals surface area contributed by atoms with Gasteiger partial charge in [0.2, 0.25) is 0 Å². The first-order chi connectivity index (χ1) is 13.4. The summed E-state index contributed by atoms with van der Waals surface area (Å²) in [6.07, 6.45) is 2.98. The number of pyridine rings is 1. The summed E-state index contributed by atoms with van der Waals surface area (Å²) >= 11 is 6.25. The zero-order valence-corrected chi connectivity index (χ0v) is 17.7. The molecule has 0 radical (unpaired) electrons. The van der Waals surface area contributed by atoms with Crippen molar-refractivity contribution in [2.24, 2.45) is 0 Å². The standard InChI is InChI=1S/C22H30ClN3O2/c1-4-26-9-8-25(16-22(26,2)3)14-20(27)15-28-21-11-18(10-19(23)12-21)17-6-5-7-24-13-17/h5-7,10-13,20,27H,4,8-9,14-16H2,1-3H3. The smallest absolute Gasteiger partial charge is 0.121 e. The Morgan fingerprint density at radius 3 is 2.75 bits per heavy atom. The molecule has 1 aromatic carbocycles. The maximum Gasteiger partial charge on any atom is 0.121 e. The molecule has 1 atom stereocenters. The Morgan fingerprint density at radius 1 is 1.25 bits per heavy atom. The van der Waals surface area contributed by atoms with Crippen LogP contribution in [0.25, 0.3) is 11.1 Å². The number of likely N-dealkylation sites (N-methyl/N-ethyl adjacent to an activating group) is 1. The summed E-state index contributed by atoms with van der Waals surface area (Å²) in [6.45, 7) is 11.6. The molecule has 6 heteroatoms. The minimum Gasteiger partial charge on any atom is -0.491 e. The first-order valence-electron chi connectivity index (χ1n) is 9.86. The number of aromatic nitrogens is 1. The molecular weight excluding hydrogens is 374 g/mol. The van der Waals surface area contributed by atoms with Crippen molar-refractivity contribution < 1.29 is 9.84 Å². The van der Waals surface area contributed by atoms with Crippen molar-refractivity contribution in [1.29, 1.82) is 0 Å². The topological polar surface area (TPSA) is 48.8 Å². The second-order valence-electron chi connectivity index (χ2n) is 8.01. The molecule has 1 aliphatic heterocycles. The van der Waals surface area contributed by atoms with Gasteiger partial charge in [-0.3, -0.25) is 14.8 Å². The molecule has 1 aliphatic rings. The normalized spacial score (nSPS) is 18.8. The molecule has 1 N–H and O–H groups in total. The summed E-state index contributed by atoms with van der Waals surface area (Å²) in [6, 6.07) is 9.46. The third-order valence-corrected chi connectivity index (χ3v) is 5.53. The van der Waals surface area contributed by atoms with E-state index in [0.717, 1.165) is 37.3 Å². The van der Waals surface area contributed by atoms with Crippen molar-refractivity contribution in [2.75, 3.05) is 39.3 Å². The van der Waals surface area contributed by atoms with Gasteiger partial charge in [0.15, 0.2) is 0 Å². The van der Waals surface area contributed by atoms with E-state index in [2.05, 4.69) is 35.6 Å². The highest BCUT2D eigenvalue weighted by atomic mass is 35.5. The summed E-state index contributed by atoms with van der Waals surface area (Å²) in [4.78, 5) is 8.95. The first-order valence-corrected chi connectivity index (χ1v) is 10.2. The molecule has 5 nitrogen and oxygen atoms in total. The lowest BCUT2D eigenvalue weighted by molar-refractivity contribution is -0.00573. The van der Waals surface area contributed by atoms with Gasteiger partial charge in [-0.1, -0.05) is 24.6 Å². The third kappa shape index (κ3) is 5.45. The molecule has 28 heavy (non-hydrogen) atoms. The molecule has 2 aromatic rings. The molecule has 0 aliphatic carbocycles. The summed E-state index contributed by atoms with van der Waals surface area (Å²) in [5.74, 6) is 0.654. The van der Waals surface area contributed by atoms with E-state index in [1.54, 1.807) is 18.5 Å². The SMILES string of the molecule is CCN1CCN(CC(O)COc2cc(Cl)cc(-c3cccnc3)c2)CC1(C)C. The number of β-amino-alcohol motifs (C(OH)–C–C–N with tert-alkyl or cyclic N) is 1. The molecule has 0 saturated carbocycles. The van der Waals surface area contributed by atoms with E-state index < -0.39 is 6.10 Å². The molecule has 1 aromatic heterocycles. The van der Waals surface area contributed by atoms with Crippen molar-refractivity contribution in [2.45, 2.75) is 32.4 Å². The largest absolute Gasteiger partial charge is 0.491 e. The second-order valence-corrected chi connectivity index (χ2v) is 8.45. The molecule has 3 rings (SSSR count). The molecule has 1 fully saturated rings. The van der Waals surface area contributed by atoms with Gasteiger partial charge < -0.3 is 9.84 Å². The van der Waals surface area contributed by atoms with Gasteiger partial charge in [0, 0.05) is 54.7 Å². The number of halogens is 1. The lowest BCUT2D eigenvalue weighted by Crippen LogP contribution is -2.60. The van der Waals surface area contributed by atoms with Crippen molar-refractivity contribution in [3.8, 4) is 16.9 Å². The molecule has 2 heterocycles. The van der Waals surface area contributed by atoms with Crippen LogP contribution in [0.4, 0.5) is 0 Å². The molecule has 152 valence electrons. The van der Waals surface area contributed by atoms with Crippen molar-refractivity contribution in [1.82, 2.24) is 14.8 Å². The molecule has 0 spiro atoms. The molecule has 1 unspecified atom stereocenters. The van der Waals surface area contributed by atoms with E-state index in [1.807, 2.05) is 24.3 Å². The van der Waals surface area contributed by atoms with Gasteiger partial charge in [-0.05, 0) is 50.2 Å². The number of nitrogens with zero attached hydrogens (tertiary/aromatic N) is 3. The average Bonchev–Trinajstić information content (AvgIpc) is 2.66. The Labute approximate surface area is 172 Å². The van der Waals surface area contributed by atoms with Gasteiger partial charge in [0.05, 0.1) is 0 Å². The van der Waals surface area contributed by atoms with E-state index in [1.165, 1.54) is 0 Å². The van der Waals surface area contributed by atoms with E-state index in [0.29, 0.717) is 17.3 Å². The monoisotopic (exact) mass is 403 g/mol. The van der Waals surface area contributed by atoms with Crippen LogP contribution in [0.3, 0.4) is 0 Å². The molecule has 1 saturated heterocycles. The Balaban J connectivity index is 1.56. The fourth-order valence-corrected chi connectivity index (χ4v) is 4.15. The van der Waals surface area contributed by atoms with Crippen LogP contribution in [0, 0.1) is 0 Å². The highest BCUT2D eigenvalue weighted by molar-refractivity contribution is 6.31. The Hall–Kier alpha value is -1.66. The van der Waals surface area contributed by atoms with Crippen LogP contribution in [0.5, 0.6) is 5.75 Å². The minimum absolute atomic E-state index is 0.124. The number of benzene rings is 1. The zero-order valence-electron chi connectivity index (χ0n) is 16.9. The fraction of sp³-hybridized carbons (Fsp3) is 0.500. The van der Waals surface area contributed by atoms with E-state index in [4.69, 9.17) is 16.3 Å². The van der Waals surface area contributed by atoms with Crippen LogP contribution < -0.4 is 4.74 Å². The zero-order chi connectivity index (χ0) is 20.1. The molecular formula is C22H30ClN3O2. The maximum absolute atomic E-state index is 10.5. The van der Waals surface area contributed by atoms with Crippen molar-refractivity contribution in [3.05, 3.63) is 47.7 Å². The highest BCUT2D eigenvalue weighted by Crippen LogP contribution is 2.28. The number of hydrogen-bond donors (Lipinski definition) is 1. The quantitative estimate of drug-likeness (QED) is 0.766. The van der Waals surface area contributed by atoms with Crippen molar-refractivity contribution in [3.63, 3.8) is 0 Å². The lowest BCUT2D eigenvalue weighted by Gasteiger charge is -2.47. The van der Waals surface area contributed by atoms with Gasteiger partial charge in [-0.15, -0.1) is 0 Å². The highest BCUT2D eigenvalue weighted by Gasteiger charge is 2.33. The van der Waals surface area contributed by atoms with Gasteiger partial charge in [-0.25, -0.2) is 0 Å². The summed E-state index contributed by atoms with van der Waals surface area (Å²) < 4.78 is 5.85. The van der Waals surface area contributed by atoms with Gasteiger partial charge in [-0.2, -0.15) is 0 Å². The van der Waals surface area contributed by atoms with Crippen LogP contribution >= 0.6 is 11.6 Å². The number of piperazine rings is 1. The van der Waals surface area contributed by atoms with E-state index in [9.17, 15) is 5.11 Å². The number of rotatable bonds is 7. The van der Waals surface area contributed by atoms with Crippen LogP contribution in [-0.4, -0.2) is 70.9 Å². The van der Waals surface area contributed by atoms with Gasteiger partial charge in [0.1, 0.15) is 18.5 Å². The third-order valence-electron chi connectivity index (χ3n) is 5.31. The summed E-state index contributed by atoms with van der Waals surface area (Å²) in [5.41, 5.74) is 2.05. The lowest BCUT2D eigenvalue weighted by atomic mass is 9.98. The first kappa shape index (κ1) is 21.1. The van der Waals surface area contributed by atoms with Crippen LogP contribution in [0.15, 0.2) is 42.7 Å². The van der Waals surface area contributed by atoms with Gasteiger partial charge >= 0.3 is 0 Å². The predicted octanol–water partition coefficient (Wildman–Crippen LogP) is 3.56. The maximum atomic E-state index is 10.5. The van der Waals surface area contributed by atoms with Crippen molar-refractivity contribution >= 4 is 11.6 Å². The van der Waals surface area contributed by atoms with E-state index >= 15 is 0 Å². The number of aliphatic hydroxyl groups excluding tert-OH is 1. The Morgan fingerprint density at radius 2 is 2.07 bits per heavy atom. The second kappa shape index (κ2) is 9.23. The average molecular weight is 404 g/mol. The fourth-order valence-electron chi connectivity index (χ4n) is 3.92. The van der Waals surface area contributed by atoms with E-state index in [-0.39, 0.29) is 12.1 Å². The Bertz CT molecular complexity index is 770.